The van der Waals surface area contributed by atoms with Crippen molar-refractivity contribution in [3.8, 4) is 11.1 Å². The van der Waals surface area contributed by atoms with E-state index < -0.39 is 0 Å². The highest BCUT2D eigenvalue weighted by atomic mass is 16.3. The van der Waals surface area contributed by atoms with E-state index in [1.165, 1.54) is 16.7 Å². The molecule has 190 valence electrons. The number of para-hydroxylation sites is 3. The molecule has 8 aromatic rings. The second kappa shape index (κ2) is 8.89. The van der Waals surface area contributed by atoms with Crippen molar-refractivity contribution in [1.82, 2.24) is 0 Å². The third-order valence-electron chi connectivity index (χ3n) is 7.75. The summed E-state index contributed by atoms with van der Waals surface area (Å²) in [7, 11) is 0. The van der Waals surface area contributed by atoms with E-state index in [-0.39, 0.29) is 0 Å². The molecule has 2 aromatic heterocycles. The molecule has 2 heterocycles. The van der Waals surface area contributed by atoms with Crippen LogP contribution in [0.15, 0.2) is 142 Å². The molecule has 3 heteroatoms. The fraction of sp³-hybridized carbons (Fsp3) is 0.0270. The van der Waals surface area contributed by atoms with Crippen molar-refractivity contribution in [3.63, 3.8) is 0 Å². The van der Waals surface area contributed by atoms with E-state index in [1.54, 1.807) is 0 Å². The zero-order valence-electron chi connectivity index (χ0n) is 22.0. The number of fused-ring (bicyclic) bond motifs is 7. The second-order valence-electron chi connectivity index (χ2n) is 10.3. The number of nitrogens with zero attached hydrogens (tertiary/aromatic N) is 1. The molecule has 0 bridgehead atoms. The van der Waals surface area contributed by atoms with Crippen LogP contribution in [0.2, 0.25) is 0 Å². The predicted octanol–water partition coefficient (Wildman–Crippen LogP) is 10.9. The van der Waals surface area contributed by atoms with Gasteiger partial charge in [-0.2, -0.15) is 0 Å². The van der Waals surface area contributed by atoms with Gasteiger partial charge in [-0.05, 0) is 66.6 Å². The van der Waals surface area contributed by atoms with Crippen LogP contribution < -0.4 is 4.90 Å². The summed E-state index contributed by atoms with van der Waals surface area (Å²) in [5, 5.41) is 4.25. The molecule has 0 radical (unpaired) electrons. The maximum atomic E-state index is 6.79. The third kappa shape index (κ3) is 3.52. The van der Waals surface area contributed by atoms with E-state index in [0.29, 0.717) is 0 Å². The van der Waals surface area contributed by atoms with E-state index in [0.717, 1.165) is 60.9 Å². The summed E-state index contributed by atoms with van der Waals surface area (Å²) >= 11 is 0. The van der Waals surface area contributed by atoms with Gasteiger partial charge >= 0.3 is 0 Å². The third-order valence-corrected chi connectivity index (χ3v) is 7.75. The van der Waals surface area contributed by atoms with Gasteiger partial charge in [0.2, 0.25) is 0 Å². The van der Waals surface area contributed by atoms with Crippen LogP contribution in [0.4, 0.5) is 17.1 Å². The molecule has 0 aliphatic rings. The topological polar surface area (TPSA) is 29.5 Å². The maximum Gasteiger partial charge on any atom is 0.159 e. The minimum absolute atomic E-state index is 0.834. The first-order chi connectivity index (χ1) is 19.7. The molecular weight excluding hydrogens is 490 g/mol. The number of furan rings is 2. The molecule has 0 amide bonds. The summed E-state index contributed by atoms with van der Waals surface area (Å²) in [6, 6.07) is 46.6. The molecule has 3 nitrogen and oxygen atoms in total. The Bertz CT molecular complexity index is 2150. The number of aryl methyl sites for hydroxylation is 1. The Morgan fingerprint density at radius 3 is 1.90 bits per heavy atom. The van der Waals surface area contributed by atoms with Gasteiger partial charge in [0.25, 0.3) is 0 Å². The summed E-state index contributed by atoms with van der Waals surface area (Å²) in [4.78, 5) is 2.27. The van der Waals surface area contributed by atoms with Crippen LogP contribution in [-0.2, 0) is 0 Å². The predicted molar refractivity (Wildman–Crippen MR) is 166 cm³/mol. The monoisotopic (exact) mass is 515 g/mol. The lowest BCUT2D eigenvalue weighted by Crippen LogP contribution is -2.10. The van der Waals surface area contributed by atoms with E-state index in [2.05, 4.69) is 121 Å². The van der Waals surface area contributed by atoms with Crippen LogP contribution in [0.3, 0.4) is 0 Å². The molecule has 0 unspecified atom stereocenters. The highest BCUT2D eigenvalue weighted by Crippen LogP contribution is 2.45. The first-order valence-corrected chi connectivity index (χ1v) is 13.5. The Labute approximate surface area is 231 Å². The van der Waals surface area contributed by atoms with Crippen LogP contribution in [0.1, 0.15) is 5.56 Å². The first-order valence-electron chi connectivity index (χ1n) is 13.5. The van der Waals surface area contributed by atoms with Gasteiger partial charge in [-0.3, -0.25) is 0 Å². The molecule has 0 N–H and O–H groups in total. The van der Waals surface area contributed by atoms with Crippen molar-refractivity contribution in [2.45, 2.75) is 6.92 Å². The first kappa shape index (κ1) is 22.7. The smallest absolute Gasteiger partial charge is 0.159 e. The highest BCUT2D eigenvalue weighted by Gasteiger charge is 2.21. The van der Waals surface area contributed by atoms with Crippen molar-refractivity contribution < 1.29 is 8.83 Å². The summed E-state index contributed by atoms with van der Waals surface area (Å²) in [5.41, 5.74) is 10.2. The van der Waals surface area contributed by atoms with Crippen molar-refractivity contribution in [3.05, 3.63) is 139 Å². The molecule has 0 fully saturated rings. The zero-order chi connectivity index (χ0) is 26.6. The molecule has 0 aliphatic heterocycles. The summed E-state index contributed by atoms with van der Waals surface area (Å²) < 4.78 is 12.9. The molecule has 0 spiro atoms. The fourth-order valence-corrected chi connectivity index (χ4v) is 5.78. The molecule has 0 saturated heterocycles. The molecule has 6 aromatic carbocycles. The number of hydrogen-bond donors (Lipinski definition) is 0. The molecule has 0 atom stereocenters. The van der Waals surface area contributed by atoms with E-state index in [9.17, 15) is 0 Å². The Balaban J connectivity index is 1.35. The summed E-state index contributed by atoms with van der Waals surface area (Å²) in [6.45, 7) is 2.11. The largest absolute Gasteiger partial charge is 0.456 e. The number of hydrogen-bond acceptors (Lipinski definition) is 3. The average Bonchev–Trinajstić information content (AvgIpc) is 3.57. The van der Waals surface area contributed by atoms with Gasteiger partial charge in [0.1, 0.15) is 16.7 Å². The van der Waals surface area contributed by atoms with Crippen molar-refractivity contribution in [2.75, 3.05) is 4.90 Å². The number of benzene rings is 6. The van der Waals surface area contributed by atoms with Crippen molar-refractivity contribution >= 4 is 60.9 Å². The normalized spacial score (nSPS) is 11.6. The van der Waals surface area contributed by atoms with Gasteiger partial charge in [0, 0.05) is 27.5 Å². The van der Waals surface area contributed by atoms with E-state index >= 15 is 0 Å². The minimum Gasteiger partial charge on any atom is -0.456 e. The van der Waals surface area contributed by atoms with Gasteiger partial charge in [0.15, 0.2) is 5.58 Å². The Morgan fingerprint density at radius 1 is 0.450 bits per heavy atom. The lowest BCUT2D eigenvalue weighted by Gasteiger charge is -2.25. The van der Waals surface area contributed by atoms with Gasteiger partial charge in [-0.25, -0.2) is 0 Å². The highest BCUT2D eigenvalue weighted by molar-refractivity contribution is 6.23. The lowest BCUT2D eigenvalue weighted by molar-refractivity contribution is 0.663. The number of anilines is 3. The molecular formula is C37H25NO2. The van der Waals surface area contributed by atoms with Gasteiger partial charge in [-0.15, -0.1) is 0 Å². The SMILES string of the molecule is Cc1ccc(-c2ccc(N(c3ccccc3)c3cccc4c3oc3c4ccc4oc5ccccc5c43)cc2)cc1. The van der Waals surface area contributed by atoms with Crippen molar-refractivity contribution in [1.29, 1.82) is 0 Å². The van der Waals surface area contributed by atoms with Gasteiger partial charge in [-0.1, -0.05) is 90.5 Å². The minimum atomic E-state index is 0.834. The van der Waals surface area contributed by atoms with Crippen LogP contribution in [0, 0.1) is 6.92 Å². The van der Waals surface area contributed by atoms with Crippen LogP contribution in [0.25, 0.3) is 55.0 Å². The lowest BCUT2D eigenvalue weighted by atomic mass is 10.0. The van der Waals surface area contributed by atoms with Crippen molar-refractivity contribution in [2.24, 2.45) is 0 Å². The summed E-state index contributed by atoms with van der Waals surface area (Å²) in [6.07, 6.45) is 0. The Morgan fingerprint density at radius 2 is 1.10 bits per heavy atom. The van der Waals surface area contributed by atoms with E-state index in [1.807, 2.05) is 24.3 Å². The van der Waals surface area contributed by atoms with Crippen LogP contribution in [-0.4, -0.2) is 0 Å². The number of rotatable bonds is 4. The zero-order valence-corrected chi connectivity index (χ0v) is 22.0. The van der Waals surface area contributed by atoms with Gasteiger partial charge in [0.05, 0.1) is 11.1 Å². The van der Waals surface area contributed by atoms with E-state index in [4.69, 9.17) is 8.83 Å². The van der Waals surface area contributed by atoms with Crippen LogP contribution >= 0.6 is 0 Å². The quantitative estimate of drug-likeness (QED) is 0.233. The Kier molecular flexibility index (Phi) is 5.04. The van der Waals surface area contributed by atoms with Gasteiger partial charge < -0.3 is 13.7 Å². The maximum absolute atomic E-state index is 6.79. The standard InChI is InChI=1S/C37H25NO2/c1-24-14-16-25(17-15-24)26-18-20-28(21-19-26)38(27-8-3-2-4-9-27)32-12-7-11-29-30-22-23-34-35(37(30)40-36(29)32)31-10-5-6-13-33(31)39-34/h2-23H,1H3. The second-order valence-corrected chi connectivity index (χ2v) is 10.3. The van der Waals surface area contributed by atoms with Crippen LogP contribution in [0.5, 0.6) is 0 Å². The molecule has 40 heavy (non-hydrogen) atoms. The average molecular weight is 516 g/mol. The molecule has 0 aliphatic carbocycles. The summed E-state index contributed by atoms with van der Waals surface area (Å²) in [5.74, 6) is 0. The Hall–Kier alpha value is -5.28. The molecule has 0 saturated carbocycles. The fourth-order valence-electron chi connectivity index (χ4n) is 5.78. The molecule has 8 rings (SSSR count).